The summed E-state index contributed by atoms with van der Waals surface area (Å²) >= 11 is 6.52. The van der Waals surface area contributed by atoms with Gasteiger partial charge in [-0.25, -0.2) is 4.98 Å². The van der Waals surface area contributed by atoms with Crippen molar-refractivity contribution in [1.29, 1.82) is 0 Å². The molecule has 9 nitrogen and oxygen atoms in total. The lowest BCUT2D eigenvalue weighted by atomic mass is 9.89. The first-order valence-corrected chi connectivity index (χ1v) is 14.9. The van der Waals surface area contributed by atoms with E-state index in [9.17, 15) is 10.1 Å². The molecule has 1 aromatic heterocycles. The summed E-state index contributed by atoms with van der Waals surface area (Å²) in [4.78, 5) is 20.9. The lowest BCUT2D eigenvalue weighted by Gasteiger charge is -2.26. The number of hydrogen-bond donors (Lipinski definition) is 0. The first-order chi connectivity index (χ1) is 20.3. The number of benzene rings is 2. The minimum atomic E-state index is -0.344. The standard InChI is InChI=1S/C32H39ClN4O5/c1-22-18-25(29-9-13-36(15-14-35(29)2)20-23-4-6-26(40-3)7-5-23)19-30(37(38)39)31(22)42-21-28-27(8-12-34-32(28)33)24-10-16-41-17-11-24/h4-8,12,18-19,24,29H,9-11,13-17,20-21H2,1-3H3. The summed E-state index contributed by atoms with van der Waals surface area (Å²) in [5, 5.41) is 12.7. The van der Waals surface area contributed by atoms with E-state index < -0.39 is 0 Å². The monoisotopic (exact) mass is 594 g/mol. The van der Waals surface area contributed by atoms with Gasteiger partial charge in [-0.2, -0.15) is 0 Å². The van der Waals surface area contributed by atoms with Gasteiger partial charge in [0.15, 0.2) is 5.75 Å². The molecule has 1 unspecified atom stereocenters. The van der Waals surface area contributed by atoms with Gasteiger partial charge < -0.3 is 14.2 Å². The first-order valence-electron chi connectivity index (χ1n) is 14.5. The highest BCUT2D eigenvalue weighted by Gasteiger charge is 2.28. The smallest absolute Gasteiger partial charge is 0.311 e. The van der Waals surface area contributed by atoms with Crippen LogP contribution in [-0.2, 0) is 17.9 Å². The summed E-state index contributed by atoms with van der Waals surface area (Å²) in [6.07, 6.45) is 4.37. The number of nitrogens with zero attached hydrogens (tertiary/aromatic N) is 4. The second-order valence-corrected chi connectivity index (χ2v) is 11.6. The molecule has 2 aliphatic heterocycles. The Morgan fingerprint density at radius 2 is 1.86 bits per heavy atom. The van der Waals surface area contributed by atoms with Gasteiger partial charge in [-0.15, -0.1) is 0 Å². The Balaban J connectivity index is 1.33. The second-order valence-electron chi connectivity index (χ2n) is 11.2. The third kappa shape index (κ3) is 7.03. The third-order valence-corrected chi connectivity index (χ3v) is 8.83. The number of hydrogen-bond acceptors (Lipinski definition) is 8. The molecule has 3 heterocycles. The molecule has 0 saturated carbocycles. The molecule has 2 fully saturated rings. The molecule has 0 bridgehead atoms. The van der Waals surface area contributed by atoms with Crippen LogP contribution in [0.15, 0.2) is 48.7 Å². The molecule has 0 spiro atoms. The number of halogens is 1. The summed E-state index contributed by atoms with van der Waals surface area (Å²) in [6, 6.07) is 13.9. The van der Waals surface area contributed by atoms with Gasteiger partial charge in [0.2, 0.25) is 0 Å². The number of rotatable bonds is 9. The van der Waals surface area contributed by atoms with Gasteiger partial charge in [-0.05, 0) is 79.6 Å². The Morgan fingerprint density at radius 1 is 1.10 bits per heavy atom. The lowest BCUT2D eigenvalue weighted by molar-refractivity contribution is -0.386. The zero-order chi connectivity index (χ0) is 29.6. The fourth-order valence-corrected chi connectivity index (χ4v) is 6.34. The fourth-order valence-electron chi connectivity index (χ4n) is 6.12. The van der Waals surface area contributed by atoms with E-state index in [-0.39, 0.29) is 29.0 Å². The van der Waals surface area contributed by atoms with Crippen molar-refractivity contribution in [3.63, 3.8) is 0 Å². The fraction of sp³-hybridized carbons (Fsp3) is 0.469. The van der Waals surface area contributed by atoms with E-state index in [1.165, 1.54) is 5.56 Å². The maximum Gasteiger partial charge on any atom is 0.311 e. The van der Waals surface area contributed by atoms with E-state index in [0.717, 1.165) is 73.4 Å². The summed E-state index contributed by atoms with van der Waals surface area (Å²) in [6.45, 7) is 6.91. The number of nitro benzene ring substituents is 1. The van der Waals surface area contributed by atoms with Crippen molar-refractivity contribution >= 4 is 17.3 Å². The molecule has 0 radical (unpaired) electrons. The van der Waals surface area contributed by atoms with Crippen molar-refractivity contribution < 1.29 is 19.1 Å². The number of aromatic nitrogens is 1. The highest BCUT2D eigenvalue weighted by atomic mass is 35.5. The van der Waals surface area contributed by atoms with Crippen LogP contribution < -0.4 is 9.47 Å². The SMILES string of the molecule is COc1ccc(CN2CCC(c3cc(C)c(OCc4c(C5CCOCC5)ccnc4Cl)c([N+](=O)[O-])c3)N(C)CC2)cc1. The second kappa shape index (κ2) is 13.8. The van der Waals surface area contributed by atoms with Crippen LogP contribution in [0.5, 0.6) is 11.5 Å². The summed E-state index contributed by atoms with van der Waals surface area (Å²) in [5.41, 5.74) is 4.74. The number of ether oxygens (including phenoxy) is 3. The molecule has 42 heavy (non-hydrogen) atoms. The van der Waals surface area contributed by atoms with Crippen LogP contribution in [0.25, 0.3) is 0 Å². The topological polar surface area (TPSA) is 90.2 Å². The van der Waals surface area contributed by atoms with Crippen molar-refractivity contribution in [1.82, 2.24) is 14.8 Å². The molecule has 0 amide bonds. The van der Waals surface area contributed by atoms with Crippen LogP contribution in [-0.4, -0.2) is 66.7 Å². The van der Waals surface area contributed by atoms with Crippen LogP contribution in [0.1, 0.15) is 59.0 Å². The predicted molar refractivity (Wildman–Crippen MR) is 162 cm³/mol. The zero-order valence-corrected chi connectivity index (χ0v) is 25.3. The summed E-state index contributed by atoms with van der Waals surface area (Å²) < 4.78 is 17.0. The molecule has 224 valence electrons. The van der Waals surface area contributed by atoms with Crippen molar-refractivity contribution in [3.8, 4) is 11.5 Å². The highest BCUT2D eigenvalue weighted by molar-refractivity contribution is 6.30. The average Bonchev–Trinajstić information content (AvgIpc) is 3.18. The summed E-state index contributed by atoms with van der Waals surface area (Å²) in [5.74, 6) is 1.42. The maximum atomic E-state index is 12.3. The Bertz CT molecular complexity index is 1380. The van der Waals surface area contributed by atoms with Gasteiger partial charge >= 0.3 is 5.69 Å². The Kier molecular flexibility index (Phi) is 9.95. The van der Waals surface area contributed by atoms with Crippen LogP contribution in [0, 0.1) is 17.0 Å². The molecule has 0 aliphatic carbocycles. The van der Waals surface area contributed by atoms with Crippen LogP contribution in [0.2, 0.25) is 5.15 Å². The molecule has 2 aliphatic rings. The molecule has 3 aromatic rings. The maximum absolute atomic E-state index is 12.3. The summed E-state index contributed by atoms with van der Waals surface area (Å²) in [7, 11) is 3.76. The normalized spacial score (nSPS) is 18.9. The average molecular weight is 595 g/mol. The van der Waals surface area contributed by atoms with Crippen molar-refractivity contribution in [2.75, 3.05) is 47.0 Å². The van der Waals surface area contributed by atoms with E-state index in [4.69, 9.17) is 25.8 Å². The van der Waals surface area contributed by atoms with Crippen molar-refractivity contribution in [2.24, 2.45) is 0 Å². The van der Waals surface area contributed by atoms with Gasteiger partial charge in [0, 0.05) is 63.3 Å². The molecule has 1 atom stereocenters. The number of pyridine rings is 1. The third-order valence-electron chi connectivity index (χ3n) is 8.51. The Labute approximate surface area is 252 Å². The van der Waals surface area contributed by atoms with E-state index in [1.807, 2.05) is 31.2 Å². The van der Waals surface area contributed by atoms with Crippen LogP contribution in [0.4, 0.5) is 5.69 Å². The van der Waals surface area contributed by atoms with Crippen LogP contribution in [0.3, 0.4) is 0 Å². The van der Waals surface area contributed by atoms with Crippen molar-refractivity contribution in [3.05, 3.63) is 91.7 Å². The lowest BCUT2D eigenvalue weighted by Crippen LogP contribution is -2.29. The Hall–Kier alpha value is -3.24. The van der Waals surface area contributed by atoms with E-state index in [0.29, 0.717) is 24.3 Å². The van der Waals surface area contributed by atoms with E-state index >= 15 is 0 Å². The zero-order valence-electron chi connectivity index (χ0n) is 24.6. The number of likely N-dealkylation sites (N-methyl/N-ethyl adjacent to an activating group) is 1. The number of nitro groups is 1. The predicted octanol–water partition coefficient (Wildman–Crippen LogP) is 6.31. The molecule has 2 aromatic carbocycles. The van der Waals surface area contributed by atoms with Crippen LogP contribution >= 0.6 is 11.6 Å². The quantitative estimate of drug-likeness (QED) is 0.162. The minimum Gasteiger partial charge on any atom is -0.497 e. The molecule has 0 N–H and O–H groups in total. The van der Waals surface area contributed by atoms with E-state index in [1.54, 1.807) is 19.4 Å². The van der Waals surface area contributed by atoms with Gasteiger partial charge in [0.25, 0.3) is 0 Å². The first kappa shape index (κ1) is 30.2. The van der Waals surface area contributed by atoms with Gasteiger partial charge in [0.1, 0.15) is 17.5 Å². The van der Waals surface area contributed by atoms with Gasteiger partial charge in [-0.1, -0.05) is 29.8 Å². The Morgan fingerprint density at radius 3 is 2.57 bits per heavy atom. The van der Waals surface area contributed by atoms with Crippen molar-refractivity contribution in [2.45, 2.75) is 51.3 Å². The molecular weight excluding hydrogens is 556 g/mol. The minimum absolute atomic E-state index is 0.0228. The largest absolute Gasteiger partial charge is 0.497 e. The number of methoxy groups -OCH3 is 1. The van der Waals surface area contributed by atoms with Gasteiger partial charge in [-0.3, -0.25) is 19.9 Å². The molecular formula is C32H39ClN4O5. The molecule has 2 saturated heterocycles. The molecule has 10 heteroatoms. The highest BCUT2D eigenvalue weighted by Crippen LogP contribution is 2.39. The molecule has 5 rings (SSSR count). The number of aryl methyl sites for hydroxylation is 1. The van der Waals surface area contributed by atoms with Gasteiger partial charge in [0.05, 0.1) is 12.0 Å². The van der Waals surface area contributed by atoms with E-state index in [2.05, 4.69) is 34.0 Å².